The van der Waals surface area contributed by atoms with Crippen molar-refractivity contribution in [2.24, 2.45) is 7.05 Å². The number of rotatable bonds is 4. The summed E-state index contributed by atoms with van der Waals surface area (Å²) < 4.78 is 1.48. The van der Waals surface area contributed by atoms with E-state index in [1.807, 2.05) is 0 Å². The highest BCUT2D eigenvalue weighted by molar-refractivity contribution is 6.34. The van der Waals surface area contributed by atoms with E-state index < -0.39 is 0 Å². The van der Waals surface area contributed by atoms with Crippen molar-refractivity contribution in [2.45, 2.75) is 44.6 Å². The number of hydrogen-bond donors (Lipinski definition) is 2. The van der Waals surface area contributed by atoms with Crippen LogP contribution in [0, 0.1) is 0 Å². The molecule has 7 heteroatoms. The lowest BCUT2D eigenvalue weighted by Crippen LogP contribution is -2.34. The minimum Gasteiger partial charge on any atom is -0.348 e. The summed E-state index contributed by atoms with van der Waals surface area (Å²) in [4.78, 5) is 24.9. The van der Waals surface area contributed by atoms with Crippen molar-refractivity contribution >= 4 is 29.2 Å². The van der Waals surface area contributed by atoms with E-state index in [-0.39, 0.29) is 17.9 Å². The van der Waals surface area contributed by atoms with Gasteiger partial charge in [0.2, 0.25) is 0 Å². The molecule has 1 aliphatic rings. The number of nitrogens with zero attached hydrogens (tertiary/aromatic N) is 2. The molecule has 0 spiro atoms. The van der Waals surface area contributed by atoms with Crippen molar-refractivity contribution in [3.05, 3.63) is 46.6 Å². The highest BCUT2D eigenvalue weighted by atomic mass is 35.5. The third-order valence-corrected chi connectivity index (χ3v) is 4.99. The summed E-state index contributed by atoms with van der Waals surface area (Å²) in [5.74, 6) is -0.0963. The van der Waals surface area contributed by atoms with Crippen molar-refractivity contribution in [3.63, 3.8) is 0 Å². The van der Waals surface area contributed by atoms with E-state index in [2.05, 4.69) is 15.7 Å². The summed E-state index contributed by atoms with van der Waals surface area (Å²) in [7, 11) is 1.69. The van der Waals surface area contributed by atoms with Crippen molar-refractivity contribution in [1.29, 1.82) is 0 Å². The van der Waals surface area contributed by atoms with Gasteiger partial charge in [0.25, 0.3) is 11.8 Å². The second kappa shape index (κ2) is 8.36. The molecule has 2 N–H and O–H groups in total. The summed E-state index contributed by atoms with van der Waals surface area (Å²) in [6, 6.07) is 8.60. The number of carbonyl (C=O) groups excluding carboxylic acids is 2. The predicted molar refractivity (Wildman–Crippen MR) is 102 cm³/mol. The van der Waals surface area contributed by atoms with Crippen LogP contribution in [-0.4, -0.2) is 27.6 Å². The molecular formula is C19H23ClN4O2. The third-order valence-electron chi connectivity index (χ3n) is 4.66. The Hall–Kier alpha value is -2.34. The van der Waals surface area contributed by atoms with E-state index in [9.17, 15) is 9.59 Å². The van der Waals surface area contributed by atoms with Gasteiger partial charge in [0.05, 0.1) is 10.6 Å². The molecule has 1 saturated carbocycles. The number of carbonyl (C=O) groups is 2. The van der Waals surface area contributed by atoms with Crippen LogP contribution in [-0.2, 0) is 7.05 Å². The van der Waals surface area contributed by atoms with Gasteiger partial charge in [-0.2, -0.15) is 5.10 Å². The first kappa shape index (κ1) is 18.5. The number of halogens is 1. The molecule has 1 aliphatic carbocycles. The molecule has 2 aromatic rings. The van der Waals surface area contributed by atoms with Gasteiger partial charge in [0.15, 0.2) is 5.69 Å². The molecule has 1 heterocycles. The first-order chi connectivity index (χ1) is 12.5. The van der Waals surface area contributed by atoms with Gasteiger partial charge in [-0.15, -0.1) is 0 Å². The summed E-state index contributed by atoms with van der Waals surface area (Å²) in [5, 5.41) is 10.4. The van der Waals surface area contributed by atoms with Gasteiger partial charge < -0.3 is 10.6 Å². The monoisotopic (exact) mass is 374 g/mol. The molecule has 0 aliphatic heterocycles. The van der Waals surface area contributed by atoms with Gasteiger partial charge in [0.1, 0.15) is 5.82 Å². The maximum Gasteiger partial charge on any atom is 0.272 e. The molecule has 0 unspecified atom stereocenters. The van der Waals surface area contributed by atoms with Gasteiger partial charge in [-0.05, 0) is 25.0 Å². The number of amides is 2. The molecule has 138 valence electrons. The number of benzene rings is 1. The van der Waals surface area contributed by atoms with E-state index in [1.54, 1.807) is 37.4 Å². The zero-order chi connectivity index (χ0) is 18.5. The number of hydrogen-bond acceptors (Lipinski definition) is 3. The van der Waals surface area contributed by atoms with Crippen LogP contribution in [0.4, 0.5) is 5.82 Å². The molecular weight excluding hydrogens is 352 g/mol. The van der Waals surface area contributed by atoms with E-state index in [1.165, 1.54) is 17.5 Å². The van der Waals surface area contributed by atoms with Gasteiger partial charge in [-0.3, -0.25) is 14.3 Å². The smallest absolute Gasteiger partial charge is 0.272 e. The summed E-state index contributed by atoms with van der Waals surface area (Å²) in [6.45, 7) is 0. The summed E-state index contributed by atoms with van der Waals surface area (Å²) in [6.07, 6.45) is 6.77. The van der Waals surface area contributed by atoms with E-state index >= 15 is 0 Å². The zero-order valence-electron chi connectivity index (χ0n) is 14.8. The normalized spacial score (nSPS) is 15.3. The Labute approximate surface area is 157 Å². The van der Waals surface area contributed by atoms with Gasteiger partial charge >= 0.3 is 0 Å². The minimum atomic E-state index is -0.339. The van der Waals surface area contributed by atoms with Crippen molar-refractivity contribution < 1.29 is 9.59 Å². The van der Waals surface area contributed by atoms with Crippen molar-refractivity contribution in [1.82, 2.24) is 15.1 Å². The Bertz CT molecular complexity index is 795. The fourth-order valence-electron chi connectivity index (χ4n) is 3.21. The zero-order valence-corrected chi connectivity index (χ0v) is 15.6. The van der Waals surface area contributed by atoms with Crippen LogP contribution in [0.3, 0.4) is 0 Å². The summed E-state index contributed by atoms with van der Waals surface area (Å²) in [5.41, 5.74) is 0.672. The number of aryl methyl sites for hydroxylation is 1. The van der Waals surface area contributed by atoms with Crippen LogP contribution >= 0.6 is 11.6 Å². The van der Waals surface area contributed by atoms with Crippen molar-refractivity contribution in [3.8, 4) is 0 Å². The van der Waals surface area contributed by atoms with E-state index in [4.69, 9.17) is 11.6 Å². The highest BCUT2D eigenvalue weighted by Crippen LogP contribution is 2.19. The average molecular weight is 375 g/mol. The van der Waals surface area contributed by atoms with Gasteiger partial charge in [-0.1, -0.05) is 49.4 Å². The van der Waals surface area contributed by atoms with Crippen LogP contribution in [0.5, 0.6) is 0 Å². The molecule has 1 fully saturated rings. The molecule has 0 saturated heterocycles. The number of nitrogens with one attached hydrogen (secondary N) is 2. The lowest BCUT2D eigenvalue weighted by Gasteiger charge is -2.14. The van der Waals surface area contributed by atoms with Gasteiger partial charge in [0, 0.05) is 19.2 Å². The lowest BCUT2D eigenvalue weighted by molar-refractivity contribution is 0.0927. The second-order valence-corrected chi connectivity index (χ2v) is 7.04. The molecule has 26 heavy (non-hydrogen) atoms. The quantitative estimate of drug-likeness (QED) is 0.799. The maximum atomic E-state index is 12.5. The average Bonchev–Trinajstić information content (AvgIpc) is 2.82. The highest BCUT2D eigenvalue weighted by Gasteiger charge is 2.20. The standard InChI is InChI=1S/C19H23ClN4O2/c1-24-17(22-18(25)14-10-6-7-11-15(14)20)12-16(23-24)19(26)21-13-8-4-2-3-5-9-13/h6-7,10-13H,2-5,8-9H2,1H3,(H,21,26)(H,22,25). The molecule has 1 aromatic heterocycles. The van der Waals surface area contributed by atoms with Crippen LogP contribution in [0.15, 0.2) is 30.3 Å². The first-order valence-electron chi connectivity index (χ1n) is 8.95. The second-order valence-electron chi connectivity index (χ2n) is 6.63. The first-order valence-corrected chi connectivity index (χ1v) is 9.33. The van der Waals surface area contributed by atoms with Crippen LogP contribution in [0.2, 0.25) is 5.02 Å². The Morgan fingerprint density at radius 1 is 1.12 bits per heavy atom. The summed E-state index contributed by atoms with van der Waals surface area (Å²) >= 11 is 6.06. The Balaban J connectivity index is 1.67. The van der Waals surface area contributed by atoms with Crippen LogP contribution in [0.1, 0.15) is 59.4 Å². The Morgan fingerprint density at radius 2 is 1.81 bits per heavy atom. The molecule has 0 radical (unpaired) electrons. The number of aromatic nitrogens is 2. The number of anilines is 1. The topological polar surface area (TPSA) is 76.0 Å². The fourth-order valence-corrected chi connectivity index (χ4v) is 3.43. The maximum absolute atomic E-state index is 12.5. The van der Waals surface area contributed by atoms with Crippen LogP contribution in [0.25, 0.3) is 0 Å². The van der Waals surface area contributed by atoms with Crippen molar-refractivity contribution in [2.75, 3.05) is 5.32 Å². The minimum absolute atomic E-state index is 0.202. The van der Waals surface area contributed by atoms with E-state index in [0.29, 0.717) is 22.1 Å². The van der Waals surface area contributed by atoms with E-state index in [0.717, 1.165) is 25.7 Å². The molecule has 6 nitrogen and oxygen atoms in total. The van der Waals surface area contributed by atoms with Crippen LogP contribution < -0.4 is 10.6 Å². The Kier molecular flexibility index (Phi) is 5.93. The molecule has 1 aromatic carbocycles. The third kappa shape index (κ3) is 4.43. The molecule has 0 bridgehead atoms. The molecule has 0 atom stereocenters. The fraction of sp³-hybridized carbons (Fsp3) is 0.421. The van der Waals surface area contributed by atoms with Gasteiger partial charge in [-0.25, -0.2) is 0 Å². The predicted octanol–water partition coefficient (Wildman–Crippen LogP) is 3.78. The lowest BCUT2D eigenvalue weighted by atomic mass is 10.1. The SMILES string of the molecule is Cn1nc(C(=O)NC2CCCCCC2)cc1NC(=O)c1ccccc1Cl. The Morgan fingerprint density at radius 3 is 2.50 bits per heavy atom. The molecule has 2 amide bonds. The molecule has 3 rings (SSSR count). The largest absolute Gasteiger partial charge is 0.348 e.